The summed E-state index contributed by atoms with van der Waals surface area (Å²) >= 11 is 0. The van der Waals surface area contributed by atoms with E-state index in [4.69, 9.17) is 14.2 Å². The fourth-order valence-electron chi connectivity index (χ4n) is 3.97. The van der Waals surface area contributed by atoms with Gasteiger partial charge in [-0.2, -0.15) is 0 Å². The smallest absolute Gasteiger partial charge is 0.137 e. The van der Waals surface area contributed by atoms with E-state index in [0.29, 0.717) is 38.3 Å². The number of nitrogens with one attached hydrogen (secondary N) is 1. The van der Waals surface area contributed by atoms with Crippen LogP contribution in [0.3, 0.4) is 0 Å². The van der Waals surface area contributed by atoms with E-state index in [2.05, 4.69) is 46.7 Å². The van der Waals surface area contributed by atoms with Crippen LogP contribution in [0.25, 0.3) is 0 Å². The standard InChI is InChI=1S/C26H30N2O3/c1-2-5-21(6-3-1)19-29-15-16-30-24-10-8-22(9-11-24)26-12-14-28-17-23(26)20-31-25-7-4-13-27-18-25/h1-11,13,18,23,26,28H,12,14-17,19-20H2/t23-,26-/m1/s1. The molecule has 0 radical (unpaired) electrons. The molecule has 2 heterocycles. The molecule has 2 aromatic carbocycles. The summed E-state index contributed by atoms with van der Waals surface area (Å²) in [6.07, 6.45) is 4.63. The van der Waals surface area contributed by atoms with Gasteiger partial charge in [-0.15, -0.1) is 0 Å². The topological polar surface area (TPSA) is 52.6 Å². The maximum Gasteiger partial charge on any atom is 0.137 e. The van der Waals surface area contributed by atoms with E-state index in [0.717, 1.165) is 31.0 Å². The highest BCUT2D eigenvalue weighted by atomic mass is 16.5. The van der Waals surface area contributed by atoms with Crippen LogP contribution >= 0.6 is 0 Å². The molecule has 162 valence electrons. The van der Waals surface area contributed by atoms with Crippen LogP contribution in [0.5, 0.6) is 11.5 Å². The monoisotopic (exact) mass is 418 g/mol. The van der Waals surface area contributed by atoms with Gasteiger partial charge < -0.3 is 19.5 Å². The number of rotatable bonds is 10. The van der Waals surface area contributed by atoms with Crippen LogP contribution < -0.4 is 14.8 Å². The van der Waals surface area contributed by atoms with Gasteiger partial charge in [-0.3, -0.25) is 4.98 Å². The number of ether oxygens (including phenoxy) is 3. The summed E-state index contributed by atoms with van der Waals surface area (Å²) in [5.41, 5.74) is 2.52. The van der Waals surface area contributed by atoms with Gasteiger partial charge in [0, 0.05) is 18.7 Å². The molecule has 1 saturated heterocycles. The number of aromatic nitrogens is 1. The van der Waals surface area contributed by atoms with E-state index in [1.807, 2.05) is 30.3 Å². The first-order valence-corrected chi connectivity index (χ1v) is 11.0. The van der Waals surface area contributed by atoms with E-state index in [-0.39, 0.29) is 0 Å². The Labute approximate surface area is 184 Å². The first kappa shape index (κ1) is 21.3. The Morgan fingerprint density at radius 2 is 1.74 bits per heavy atom. The van der Waals surface area contributed by atoms with Gasteiger partial charge in [0.2, 0.25) is 0 Å². The number of pyridine rings is 1. The lowest BCUT2D eigenvalue weighted by molar-refractivity contribution is 0.0889. The molecule has 2 atom stereocenters. The number of hydrogen-bond donors (Lipinski definition) is 1. The number of piperidine rings is 1. The minimum Gasteiger partial charge on any atom is -0.492 e. The predicted octanol–water partition coefficient (Wildman–Crippen LogP) is 4.45. The summed E-state index contributed by atoms with van der Waals surface area (Å²) in [5.74, 6) is 2.60. The summed E-state index contributed by atoms with van der Waals surface area (Å²) in [6.45, 7) is 4.40. The Morgan fingerprint density at radius 3 is 2.55 bits per heavy atom. The normalized spacial score (nSPS) is 18.5. The van der Waals surface area contributed by atoms with Gasteiger partial charge >= 0.3 is 0 Å². The van der Waals surface area contributed by atoms with Crippen molar-refractivity contribution in [3.05, 3.63) is 90.3 Å². The van der Waals surface area contributed by atoms with E-state index < -0.39 is 0 Å². The minimum atomic E-state index is 0.423. The van der Waals surface area contributed by atoms with Crippen molar-refractivity contribution in [2.45, 2.75) is 18.9 Å². The average molecular weight is 419 g/mol. The molecule has 31 heavy (non-hydrogen) atoms. The molecule has 5 nitrogen and oxygen atoms in total. The predicted molar refractivity (Wildman–Crippen MR) is 121 cm³/mol. The van der Waals surface area contributed by atoms with Crippen LogP contribution in [0, 0.1) is 5.92 Å². The lowest BCUT2D eigenvalue weighted by Gasteiger charge is -2.32. The first-order valence-electron chi connectivity index (χ1n) is 11.0. The highest BCUT2D eigenvalue weighted by molar-refractivity contribution is 5.30. The van der Waals surface area contributed by atoms with E-state index in [9.17, 15) is 0 Å². The van der Waals surface area contributed by atoms with Crippen molar-refractivity contribution < 1.29 is 14.2 Å². The third-order valence-corrected chi connectivity index (χ3v) is 5.62. The molecule has 0 aliphatic carbocycles. The van der Waals surface area contributed by atoms with Gasteiger partial charge in [-0.25, -0.2) is 0 Å². The largest absolute Gasteiger partial charge is 0.492 e. The van der Waals surface area contributed by atoms with Crippen LogP contribution in [0.4, 0.5) is 0 Å². The van der Waals surface area contributed by atoms with Crippen molar-refractivity contribution in [1.82, 2.24) is 10.3 Å². The molecule has 4 rings (SSSR count). The summed E-state index contributed by atoms with van der Waals surface area (Å²) < 4.78 is 17.5. The second-order valence-corrected chi connectivity index (χ2v) is 7.81. The number of nitrogens with zero attached hydrogens (tertiary/aromatic N) is 1. The van der Waals surface area contributed by atoms with Crippen LogP contribution in [-0.2, 0) is 11.3 Å². The van der Waals surface area contributed by atoms with Crippen LogP contribution in [0.2, 0.25) is 0 Å². The molecule has 0 amide bonds. The highest BCUT2D eigenvalue weighted by Gasteiger charge is 2.27. The molecule has 1 aliphatic heterocycles. The van der Waals surface area contributed by atoms with Crippen molar-refractivity contribution in [3.8, 4) is 11.5 Å². The molecule has 0 saturated carbocycles. The van der Waals surface area contributed by atoms with Crippen LogP contribution in [0.15, 0.2) is 79.1 Å². The Bertz CT molecular complexity index is 888. The van der Waals surface area contributed by atoms with Crippen LogP contribution in [0.1, 0.15) is 23.5 Å². The zero-order chi connectivity index (χ0) is 21.1. The van der Waals surface area contributed by atoms with Crippen molar-refractivity contribution in [2.24, 2.45) is 5.92 Å². The Hall–Kier alpha value is -2.89. The van der Waals surface area contributed by atoms with Gasteiger partial charge in [0.05, 0.1) is 26.0 Å². The first-order chi connectivity index (χ1) is 15.4. The number of hydrogen-bond acceptors (Lipinski definition) is 5. The zero-order valence-electron chi connectivity index (χ0n) is 17.8. The SMILES string of the molecule is c1ccc(COCCOc2ccc([C@H]3CCNC[C@@H]3COc3cccnc3)cc2)cc1. The average Bonchev–Trinajstić information content (AvgIpc) is 2.84. The van der Waals surface area contributed by atoms with Gasteiger partial charge in [0.25, 0.3) is 0 Å². The van der Waals surface area contributed by atoms with Crippen molar-refractivity contribution in [2.75, 3.05) is 32.9 Å². The van der Waals surface area contributed by atoms with Gasteiger partial charge in [0.15, 0.2) is 0 Å². The van der Waals surface area contributed by atoms with E-state index in [1.54, 1.807) is 12.4 Å². The molecule has 1 N–H and O–H groups in total. The second kappa shape index (κ2) is 11.5. The van der Waals surface area contributed by atoms with Crippen molar-refractivity contribution in [1.29, 1.82) is 0 Å². The minimum absolute atomic E-state index is 0.423. The van der Waals surface area contributed by atoms with E-state index in [1.165, 1.54) is 11.1 Å². The van der Waals surface area contributed by atoms with Gasteiger partial charge in [0.1, 0.15) is 18.1 Å². The van der Waals surface area contributed by atoms with Crippen molar-refractivity contribution >= 4 is 0 Å². The summed E-state index contributed by atoms with van der Waals surface area (Å²) in [6, 6.07) is 22.5. The van der Waals surface area contributed by atoms with Gasteiger partial charge in [-0.05, 0) is 54.3 Å². The Balaban J connectivity index is 1.24. The third-order valence-electron chi connectivity index (χ3n) is 5.62. The molecule has 1 aliphatic rings. The lowest BCUT2D eigenvalue weighted by Crippen LogP contribution is -2.38. The molecule has 1 fully saturated rings. The molecule has 1 aromatic heterocycles. The quantitative estimate of drug-likeness (QED) is 0.493. The molecule has 0 spiro atoms. The van der Waals surface area contributed by atoms with Gasteiger partial charge in [-0.1, -0.05) is 42.5 Å². The fourth-order valence-corrected chi connectivity index (χ4v) is 3.97. The molecular weight excluding hydrogens is 388 g/mol. The highest BCUT2D eigenvalue weighted by Crippen LogP contribution is 2.32. The summed E-state index contributed by atoms with van der Waals surface area (Å²) in [7, 11) is 0. The zero-order valence-corrected chi connectivity index (χ0v) is 17.8. The fraction of sp³-hybridized carbons (Fsp3) is 0.346. The number of benzene rings is 2. The molecule has 0 unspecified atom stereocenters. The summed E-state index contributed by atoms with van der Waals surface area (Å²) in [5, 5.41) is 3.50. The maximum atomic E-state index is 5.99. The molecule has 5 heteroatoms. The Morgan fingerprint density at radius 1 is 0.871 bits per heavy atom. The lowest BCUT2D eigenvalue weighted by atomic mass is 9.81. The van der Waals surface area contributed by atoms with E-state index >= 15 is 0 Å². The second-order valence-electron chi connectivity index (χ2n) is 7.81. The maximum absolute atomic E-state index is 5.99. The summed E-state index contributed by atoms with van der Waals surface area (Å²) in [4.78, 5) is 4.12. The third kappa shape index (κ3) is 6.54. The molecule has 0 bridgehead atoms. The van der Waals surface area contributed by atoms with Crippen molar-refractivity contribution in [3.63, 3.8) is 0 Å². The van der Waals surface area contributed by atoms with Crippen LogP contribution in [-0.4, -0.2) is 37.9 Å². The molecule has 3 aromatic rings. The molecular formula is C26H30N2O3. The Kier molecular flexibility index (Phi) is 7.91.